The smallest absolute Gasteiger partial charge is 0.294 e. The maximum absolute atomic E-state index is 10.7. The van der Waals surface area contributed by atoms with Gasteiger partial charge in [0.1, 0.15) is 6.29 Å². The highest BCUT2D eigenvalue weighted by Crippen LogP contribution is 2.13. The van der Waals surface area contributed by atoms with Gasteiger partial charge in [-0.15, -0.1) is 0 Å². The Morgan fingerprint density at radius 2 is 2.00 bits per heavy atom. The molecule has 0 saturated heterocycles. The standard InChI is InChI=1S/C8H8O4S/c1-6-2-3-8(13(10,11)12)4-7(6)5-9/h2-5H,1H3,(H,10,11,12). The Morgan fingerprint density at radius 1 is 1.38 bits per heavy atom. The number of hydrogen-bond donors (Lipinski definition) is 1. The topological polar surface area (TPSA) is 71.4 Å². The molecule has 0 radical (unpaired) electrons. The van der Waals surface area contributed by atoms with Gasteiger partial charge >= 0.3 is 0 Å². The first-order valence-electron chi connectivity index (χ1n) is 3.48. The molecule has 1 aromatic carbocycles. The molecule has 0 unspecified atom stereocenters. The molecular weight excluding hydrogens is 192 g/mol. The molecule has 0 aliphatic heterocycles. The minimum atomic E-state index is -4.21. The summed E-state index contributed by atoms with van der Waals surface area (Å²) >= 11 is 0. The molecule has 0 spiro atoms. The molecule has 0 saturated carbocycles. The average Bonchev–Trinajstić information content (AvgIpc) is 2.03. The summed E-state index contributed by atoms with van der Waals surface area (Å²) in [7, 11) is -4.21. The Balaban J connectivity index is 3.38. The van der Waals surface area contributed by atoms with Crippen LogP contribution in [0.3, 0.4) is 0 Å². The molecule has 0 bridgehead atoms. The van der Waals surface area contributed by atoms with Gasteiger partial charge in [-0.1, -0.05) is 6.07 Å². The van der Waals surface area contributed by atoms with E-state index in [1.165, 1.54) is 12.1 Å². The van der Waals surface area contributed by atoms with Gasteiger partial charge in [-0.3, -0.25) is 9.35 Å². The average molecular weight is 200 g/mol. The summed E-state index contributed by atoms with van der Waals surface area (Å²) in [5.41, 5.74) is 0.928. The minimum absolute atomic E-state index is 0.259. The van der Waals surface area contributed by atoms with E-state index in [-0.39, 0.29) is 10.5 Å². The zero-order valence-electron chi connectivity index (χ0n) is 6.89. The van der Waals surface area contributed by atoms with Crippen molar-refractivity contribution in [1.29, 1.82) is 0 Å². The molecule has 1 aromatic rings. The van der Waals surface area contributed by atoms with Crippen molar-refractivity contribution in [3.05, 3.63) is 29.3 Å². The van der Waals surface area contributed by atoms with Gasteiger partial charge in [0.05, 0.1) is 4.90 Å². The lowest BCUT2D eigenvalue weighted by atomic mass is 10.1. The summed E-state index contributed by atoms with van der Waals surface area (Å²) in [6.45, 7) is 1.68. The number of carbonyl (C=O) groups is 1. The molecule has 0 atom stereocenters. The Morgan fingerprint density at radius 3 is 2.46 bits per heavy atom. The molecule has 0 aliphatic carbocycles. The van der Waals surface area contributed by atoms with Crippen molar-refractivity contribution in [1.82, 2.24) is 0 Å². The van der Waals surface area contributed by atoms with Crippen LogP contribution in [-0.2, 0) is 10.1 Å². The molecule has 4 nitrogen and oxygen atoms in total. The van der Waals surface area contributed by atoms with Crippen LogP contribution in [0.2, 0.25) is 0 Å². The fourth-order valence-electron chi connectivity index (χ4n) is 0.906. The number of aryl methyl sites for hydroxylation is 1. The molecule has 0 amide bonds. The van der Waals surface area contributed by atoms with E-state index in [1.807, 2.05) is 0 Å². The second kappa shape index (κ2) is 3.27. The Labute approximate surface area is 76.0 Å². The summed E-state index contributed by atoms with van der Waals surface area (Å²) < 4.78 is 30.0. The van der Waals surface area contributed by atoms with Crippen LogP contribution in [0.5, 0.6) is 0 Å². The normalized spacial score (nSPS) is 11.2. The van der Waals surface area contributed by atoms with Crippen molar-refractivity contribution in [2.75, 3.05) is 0 Å². The van der Waals surface area contributed by atoms with E-state index in [1.54, 1.807) is 6.92 Å². The van der Waals surface area contributed by atoms with Crippen LogP contribution < -0.4 is 0 Å². The Kier molecular flexibility index (Phi) is 2.49. The fourth-order valence-corrected chi connectivity index (χ4v) is 1.42. The highest BCUT2D eigenvalue weighted by atomic mass is 32.2. The van der Waals surface area contributed by atoms with E-state index < -0.39 is 10.1 Å². The number of carbonyl (C=O) groups excluding carboxylic acids is 1. The molecule has 0 aromatic heterocycles. The first kappa shape index (κ1) is 9.88. The SMILES string of the molecule is Cc1ccc(S(=O)(=O)O)cc1C=O. The molecule has 0 heterocycles. The van der Waals surface area contributed by atoms with Gasteiger partial charge in [-0.05, 0) is 24.6 Å². The van der Waals surface area contributed by atoms with E-state index in [2.05, 4.69) is 0 Å². The first-order chi connectivity index (χ1) is 5.95. The first-order valence-corrected chi connectivity index (χ1v) is 4.92. The molecule has 5 heteroatoms. The third kappa shape index (κ3) is 2.13. The van der Waals surface area contributed by atoms with Crippen molar-refractivity contribution >= 4 is 16.4 Å². The van der Waals surface area contributed by atoms with Gasteiger partial charge in [0, 0.05) is 5.56 Å². The number of benzene rings is 1. The van der Waals surface area contributed by atoms with E-state index in [0.29, 0.717) is 11.8 Å². The number of hydrogen-bond acceptors (Lipinski definition) is 3. The van der Waals surface area contributed by atoms with Gasteiger partial charge in [0.25, 0.3) is 10.1 Å². The van der Waals surface area contributed by atoms with Gasteiger partial charge < -0.3 is 0 Å². The maximum Gasteiger partial charge on any atom is 0.294 e. The summed E-state index contributed by atoms with van der Waals surface area (Å²) in [4.78, 5) is 10.2. The van der Waals surface area contributed by atoms with Crippen molar-refractivity contribution in [2.24, 2.45) is 0 Å². The molecule has 1 rings (SSSR count). The van der Waals surface area contributed by atoms with Crippen LogP contribution in [0, 0.1) is 6.92 Å². The van der Waals surface area contributed by atoms with Crippen molar-refractivity contribution in [2.45, 2.75) is 11.8 Å². The molecule has 0 fully saturated rings. The molecule has 0 aliphatic rings. The third-order valence-corrected chi connectivity index (χ3v) is 2.53. The summed E-state index contributed by atoms with van der Waals surface area (Å²) in [5, 5.41) is 0. The summed E-state index contributed by atoms with van der Waals surface area (Å²) in [6.07, 6.45) is 0.546. The van der Waals surface area contributed by atoms with E-state index in [0.717, 1.165) is 6.07 Å². The predicted molar refractivity (Wildman–Crippen MR) is 46.4 cm³/mol. The van der Waals surface area contributed by atoms with Crippen molar-refractivity contribution < 1.29 is 17.8 Å². The monoisotopic (exact) mass is 200 g/mol. The van der Waals surface area contributed by atoms with Crippen LogP contribution in [0.4, 0.5) is 0 Å². The highest BCUT2D eigenvalue weighted by molar-refractivity contribution is 7.85. The lowest BCUT2D eigenvalue weighted by Crippen LogP contribution is -1.99. The van der Waals surface area contributed by atoms with E-state index in [9.17, 15) is 13.2 Å². The lowest BCUT2D eigenvalue weighted by Gasteiger charge is -2.00. The largest absolute Gasteiger partial charge is 0.298 e. The molecular formula is C8H8O4S. The fraction of sp³-hybridized carbons (Fsp3) is 0.125. The number of aldehydes is 1. The molecule has 1 N–H and O–H groups in total. The second-order valence-electron chi connectivity index (χ2n) is 2.61. The van der Waals surface area contributed by atoms with Crippen LogP contribution in [-0.4, -0.2) is 19.3 Å². The third-order valence-electron chi connectivity index (χ3n) is 1.68. The highest BCUT2D eigenvalue weighted by Gasteiger charge is 2.10. The van der Waals surface area contributed by atoms with Crippen LogP contribution in [0.1, 0.15) is 15.9 Å². The van der Waals surface area contributed by atoms with Crippen LogP contribution in [0.15, 0.2) is 23.1 Å². The zero-order valence-corrected chi connectivity index (χ0v) is 7.71. The van der Waals surface area contributed by atoms with Gasteiger partial charge in [0.15, 0.2) is 0 Å². The number of rotatable bonds is 2. The maximum atomic E-state index is 10.7. The molecule has 13 heavy (non-hydrogen) atoms. The predicted octanol–water partition coefficient (Wildman–Crippen LogP) is 1.05. The zero-order chi connectivity index (χ0) is 10.1. The van der Waals surface area contributed by atoms with E-state index in [4.69, 9.17) is 4.55 Å². The minimum Gasteiger partial charge on any atom is -0.298 e. The molecule has 70 valence electrons. The van der Waals surface area contributed by atoms with Crippen molar-refractivity contribution in [3.63, 3.8) is 0 Å². The van der Waals surface area contributed by atoms with Crippen LogP contribution >= 0.6 is 0 Å². The quantitative estimate of drug-likeness (QED) is 0.572. The van der Waals surface area contributed by atoms with Crippen LogP contribution in [0.25, 0.3) is 0 Å². The van der Waals surface area contributed by atoms with Gasteiger partial charge in [0.2, 0.25) is 0 Å². The second-order valence-corrected chi connectivity index (χ2v) is 4.03. The lowest BCUT2D eigenvalue weighted by molar-refractivity contribution is 0.112. The van der Waals surface area contributed by atoms with Gasteiger partial charge in [-0.2, -0.15) is 8.42 Å². The summed E-state index contributed by atoms with van der Waals surface area (Å²) in [6, 6.07) is 3.85. The van der Waals surface area contributed by atoms with Gasteiger partial charge in [-0.25, -0.2) is 0 Å². The Hall–Kier alpha value is -1.20. The Bertz CT molecular complexity index is 433. The van der Waals surface area contributed by atoms with Crippen molar-refractivity contribution in [3.8, 4) is 0 Å². The van der Waals surface area contributed by atoms with E-state index >= 15 is 0 Å². The summed E-state index contributed by atoms with van der Waals surface area (Å²) in [5.74, 6) is 0.